The van der Waals surface area contributed by atoms with Crippen molar-refractivity contribution in [2.24, 2.45) is 0 Å². The summed E-state index contributed by atoms with van der Waals surface area (Å²) in [5.41, 5.74) is 0.207. The summed E-state index contributed by atoms with van der Waals surface area (Å²) in [6.45, 7) is 1.37. The number of carbonyl (C=O) groups excluding carboxylic acids is 1. The predicted molar refractivity (Wildman–Crippen MR) is 45.2 cm³/mol. The molecule has 0 radical (unpaired) electrons. The normalized spacial score (nSPS) is 10.4. The van der Waals surface area contributed by atoms with Crippen molar-refractivity contribution in [2.45, 2.75) is 0 Å². The molecule has 0 aliphatic rings. The molecule has 6 heteroatoms. The van der Waals surface area contributed by atoms with E-state index in [-0.39, 0.29) is 11.6 Å². The molecule has 0 saturated carbocycles. The topological polar surface area (TPSA) is 71.3 Å². The first kappa shape index (κ1) is 9.66. The lowest BCUT2D eigenvalue weighted by molar-refractivity contribution is 0.0941. The highest BCUT2D eigenvalue weighted by atomic mass is 16.6. The summed E-state index contributed by atoms with van der Waals surface area (Å²) >= 11 is 0. The molecule has 0 unspecified atom stereocenters. The van der Waals surface area contributed by atoms with E-state index in [9.17, 15) is 4.79 Å². The van der Waals surface area contributed by atoms with Gasteiger partial charge in [0, 0.05) is 13.1 Å². The van der Waals surface area contributed by atoms with Crippen LogP contribution in [0, 0.1) is 0 Å². The summed E-state index contributed by atoms with van der Waals surface area (Å²) in [5.74, 6) is -0.261. The van der Waals surface area contributed by atoms with Crippen molar-refractivity contribution >= 4 is 5.91 Å². The van der Waals surface area contributed by atoms with Crippen LogP contribution in [-0.2, 0) is 0 Å². The fraction of sp³-hybridized carbons (Fsp3) is 0.571. The van der Waals surface area contributed by atoms with Crippen LogP contribution in [0.25, 0.3) is 0 Å². The van der Waals surface area contributed by atoms with Crippen LogP contribution in [0.15, 0.2) is 10.8 Å². The number of likely N-dealkylation sites (N-methyl/N-ethyl adjacent to an activating group) is 1. The van der Waals surface area contributed by atoms with Gasteiger partial charge < -0.3 is 10.2 Å². The lowest BCUT2D eigenvalue weighted by Gasteiger charge is -2.08. The summed E-state index contributed by atoms with van der Waals surface area (Å²) in [5, 5.41) is 9.40. The van der Waals surface area contributed by atoms with Crippen molar-refractivity contribution in [2.75, 3.05) is 27.2 Å². The molecule has 13 heavy (non-hydrogen) atoms. The second-order valence-electron chi connectivity index (χ2n) is 2.85. The highest BCUT2D eigenvalue weighted by molar-refractivity contribution is 5.91. The fourth-order valence-corrected chi connectivity index (χ4v) is 0.748. The Morgan fingerprint density at radius 3 is 3.00 bits per heavy atom. The van der Waals surface area contributed by atoms with E-state index in [1.54, 1.807) is 0 Å². The van der Waals surface area contributed by atoms with Crippen LogP contribution in [0.4, 0.5) is 0 Å². The quantitative estimate of drug-likeness (QED) is 0.674. The largest absolute Gasteiger partial charge is 0.349 e. The first-order valence-electron chi connectivity index (χ1n) is 3.90. The molecule has 1 aromatic heterocycles. The van der Waals surface area contributed by atoms with E-state index in [1.165, 1.54) is 6.20 Å². The third-order valence-corrected chi connectivity index (χ3v) is 1.44. The molecule has 1 rings (SSSR count). The maximum absolute atomic E-state index is 11.2. The van der Waals surface area contributed by atoms with Gasteiger partial charge in [0.1, 0.15) is 6.20 Å². The van der Waals surface area contributed by atoms with E-state index in [1.807, 2.05) is 19.0 Å². The molecule has 1 aromatic rings. The zero-order valence-corrected chi connectivity index (χ0v) is 7.65. The van der Waals surface area contributed by atoms with E-state index in [0.717, 1.165) is 6.54 Å². The van der Waals surface area contributed by atoms with Crippen molar-refractivity contribution in [1.82, 2.24) is 20.5 Å². The van der Waals surface area contributed by atoms with Crippen LogP contribution in [0.5, 0.6) is 0 Å². The van der Waals surface area contributed by atoms with Gasteiger partial charge >= 0.3 is 0 Å². The Morgan fingerprint density at radius 1 is 1.69 bits per heavy atom. The molecule has 1 heterocycles. The van der Waals surface area contributed by atoms with Crippen molar-refractivity contribution in [3.63, 3.8) is 0 Å². The Kier molecular flexibility index (Phi) is 3.39. The van der Waals surface area contributed by atoms with Gasteiger partial charge in [-0.25, -0.2) is 4.63 Å². The van der Waals surface area contributed by atoms with Gasteiger partial charge in [-0.3, -0.25) is 4.79 Å². The first-order chi connectivity index (χ1) is 6.20. The van der Waals surface area contributed by atoms with Crippen molar-refractivity contribution in [3.05, 3.63) is 11.9 Å². The third-order valence-electron chi connectivity index (χ3n) is 1.44. The molecule has 0 bridgehead atoms. The van der Waals surface area contributed by atoms with Gasteiger partial charge in [-0.15, -0.1) is 0 Å². The molecule has 72 valence electrons. The Labute approximate surface area is 75.9 Å². The Hall–Kier alpha value is -1.43. The van der Waals surface area contributed by atoms with Crippen LogP contribution < -0.4 is 5.32 Å². The average molecular weight is 184 g/mol. The fourth-order valence-electron chi connectivity index (χ4n) is 0.748. The van der Waals surface area contributed by atoms with Gasteiger partial charge in [-0.2, -0.15) is 0 Å². The van der Waals surface area contributed by atoms with E-state index in [4.69, 9.17) is 0 Å². The van der Waals surface area contributed by atoms with E-state index in [0.29, 0.717) is 6.54 Å². The minimum atomic E-state index is -0.261. The van der Waals surface area contributed by atoms with E-state index in [2.05, 4.69) is 20.3 Å². The minimum absolute atomic E-state index is 0.207. The number of carbonyl (C=O) groups is 1. The second-order valence-corrected chi connectivity index (χ2v) is 2.85. The predicted octanol–water partition coefficient (Wildman–Crippen LogP) is -0.639. The van der Waals surface area contributed by atoms with Crippen LogP contribution in [0.3, 0.4) is 0 Å². The first-order valence-corrected chi connectivity index (χ1v) is 3.90. The highest BCUT2D eigenvalue weighted by Crippen LogP contribution is 1.89. The number of aromatic nitrogens is 2. The van der Waals surface area contributed by atoms with E-state index < -0.39 is 0 Å². The van der Waals surface area contributed by atoms with Gasteiger partial charge in [-0.05, 0) is 19.3 Å². The zero-order valence-electron chi connectivity index (χ0n) is 7.65. The van der Waals surface area contributed by atoms with Gasteiger partial charge in [0.15, 0.2) is 5.69 Å². The monoisotopic (exact) mass is 184 g/mol. The van der Waals surface area contributed by atoms with Gasteiger partial charge in [0.25, 0.3) is 5.91 Å². The second kappa shape index (κ2) is 4.56. The zero-order chi connectivity index (χ0) is 9.68. The lowest BCUT2D eigenvalue weighted by atomic mass is 10.4. The van der Waals surface area contributed by atoms with Crippen LogP contribution >= 0.6 is 0 Å². The number of hydrogen-bond acceptors (Lipinski definition) is 5. The summed E-state index contributed by atoms with van der Waals surface area (Å²) < 4.78 is 4.29. The van der Waals surface area contributed by atoms with Gasteiger partial charge in [-0.1, -0.05) is 5.16 Å². The molecule has 0 fully saturated rings. The molecule has 0 aliphatic heterocycles. The summed E-state index contributed by atoms with van der Waals surface area (Å²) in [4.78, 5) is 13.2. The molecule has 0 aromatic carbocycles. The number of rotatable bonds is 4. The maximum Gasteiger partial charge on any atom is 0.275 e. The number of nitrogens with zero attached hydrogens (tertiary/aromatic N) is 3. The Morgan fingerprint density at radius 2 is 2.46 bits per heavy atom. The molecular formula is C7H12N4O2. The van der Waals surface area contributed by atoms with Crippen LogP contribution in [-0.4, -0.2) is 48.3 Å². The standard InChI is InChI=1S/C7H12N4O2/c1-11(2)4-3-8-7(12)6-5-9-13-10-6/h5H,3-4H2,1-2H3,(H,8,12). The smallest absolute Gasteiger partial charge is 0.275 e. The summed E-state index contributed by atoms with van der Waals surface area (Å²) in [7, 11) is 3.87. The molecular weight excluding hydrogens is 172 g/mol. The average Bonchev–Trinajstić information content (AvgIpc) is 2.55. The van der Waals surface area contributed by atoms with Crippen molar-refractivity contribution < 1.29 is 9.42 Å². The number of hydrogen-bond donors (Lipinski definition) is 1. The van der Waals surface area contributed by atoms with Crippen molar-refractivity contribution in [1.29, 1.82) is 0 Å². The van der Waals surface area contributed by atoms with E-state index >= 15 is 0 Å². The SMILES string of the molecule is CN(C)CCNC(=O)c1cnon1. The Bertz CT molecular complexity index is 257. The van der Waals surface area contributed by atoms with Crippen LogP contribution in [0.2, 0.25) is 0 Å². The minimum Gasteiger partial charge on any atom is -0.349 e. The molecule has 6 nitrogen and oxygen atoms in total. The molecule has 1 amide bonds. The van der Waals surface area contributed by atoms with Gasteiger partial charge in [0.05, 0.1) is 0 Å². The lowest BCUT2D eigenvalue weighted by Crippen LogP contribution is -2.31. The van der Waals surface area contributed by atoms with Gasteiger partial charge in [0.2, 0.25) is 0 Å². The summed E-state index contributed by atoms with van der Waals surface area (Å²) in [6.07, 6.45) is 1.28. The molecule has 1 N–H and O–H groups in total. The third kappa shape index (κ3) is 3.20. The molecule has 0 aliphatic carbocycles. The van der Waals surface area contributed by atoms with Crippen LogP contribution in [0.1, 0.15) is 10.5 Å². The molecule has 0 saturated heterocycles. The number of amides is 1. The maximum atomic E-state index is 11.2. The Balaban J connectivity index is 2.27. The molecule has 0 spiro atoms. The van der Waals surface area contributed by atoms with Crippen molar-refractivity contribution in [3.8, 4) is 0 Å². The molecule has 0 atom stereocenters. The highest BCUT2D eigenvalue weighted by Gasteiger charge is 2.08. The number of nitrogens with one attached hydrogen (secondary N) is 1. The summed E-state index contributed by atoms with van der Waals surface area (Å²) in [6, 6.07) is 0.